The normalized spacial score (nSPS) is 16.9. The van der Waals surface area contributed by atoms with Crippen LogP contribution in [0.15, 0.2) is 0 Å². The monoisotopic (exact) mass is 2240 g/mol. The molecular formula is C54H37F78NSi2. The topological polar surface area (TPSA) is 12.0 Å². The number of alkyl halides is 78. The summed E-state index contributed by atoms with van der Waals surface area (Å²) in [6.07, 6.45) is -85.9. The SMILES string of the molecule is FC(F)(F)C(F)(F)C(F)(F)C(F)(F)C(F)(F)C(F)(F)CC[Si](CCCNCCC[Si](CCC(F)(F)C(F)(F)C(F)(F)C(F)(F)C(F)(F)C(F)(F)F)(CCC(F)(F)C(F)(F)C(F)(F)C(F)(F)C(F)(F)C(F)(F)F)CCC(F)(F)C(F)(F)C(F)(F)C(F)(F)C(F)(F)C(F)(F)F)(CCC(F)(F)C(F)(F)C(F)(F)C(F)(F)C(F)(F)C(F)(F)F)CCC(F)(F)C(F)(F)C(F)(F)C(F)(F)C(F)(F)C(F)(F)F. The molecule has 0 aliphatic rings. The van der Waals surface area contributed by atoms with Crippen molar-refractivity contribution in [2.45, 2.75) is 314 Å². The van der Waals surface area contributed by atoms with E-state index in [9.17, 15) is 237 Å². The van der Waals surface area contributed by atoms with Crippen molar-refractivity contribution in [2.75, 3.05) is 13.1 Å². The first-order chi connectivity index (χ1) is 57.4. The Bertz CT molecular complexity index is 3280. The highest BCUT2D eigenvalue weighted by molar-refractivity contribution is 6.80. The van der Waals surface area contributed by atoms with Gasteiger partial charge in [0.25, 0.3) is 0 Å². The van der Waals surface area contributed by atoms with E-state index in [1.807, 2.05) is 0 Å². The van der Waals surface area contributed by atoms with Crippen LogP contribution >= 0.6 is 0 Å². The summed E-state index contributed by atoms with van der Waals surface area (Å²) >= 11 is 0. The fourth-order valence-electron chi connectivity index (χ4n) is 11.1. The highest BCUT2D eigenvalue weighted by Gasteiger charge is 2.98. The Morgan fingerprint density at radius 3 is 0.289 bits per heavy atom. The van der Waals surface area contributed by atoms with Crippen molar-refractivity contribution in [3.05, 3.63) is 0 Å². The Hall–Kier alpha value is -5.07. The van der Waals surface area contributed by atoms with Gasteiger partial charge in [-0.1, -0.05) is 48.4 Å². The lowest BCUT2D eigenvalue weighted by Crippen LogP contribution is -2.70. The molecule has 1 N–H and O–H groups in total. The molecule has 0 radical (unpaired) electrons. The molecule has 0 unspecified atom stereocenters. The highest BCUT2D eigenvalue weighted by Crippen LogP contribution is 2.71. The van der Waals surface area contributed by atoms with Crippen molar-refractivity contribution in [1.29, 1.82) is 0 Å². The quantitative estimate of drug-likeness (QED) is 0.0364. The van der Waals surface area contributed by atoms with Crippen LogP contribution < -0.4 is 5.32 Å². The van der Waals surface area contributed by atoms with E-state index in [1.54, 1.807) is 0 Å². The standard InChI is InChI=1S/C54H37F78NSi2/c55-19(56,25(67,68)31(79,80)37(91,92)43(103,104)49(115,116)117)3-13-134(14-4-20(57,58)26(69,70)32(81,82)38(93,94)44(105,106)50(118,119)120,15-5-21(59,60)27(71,72)33(83,84)39(95,96)45(107,108)51(121,122)123)11-1-9-133-10-2-12-135(16-6-22(61,62)28(73,74)34(85,86)40(97,98)46(109,110)52(124,125)126,17-7-23(63,64)29(75,76)35(87,88)41(99,100)47(111,112)53(127,128)129)18-8-24(65,66)30(77,78)36(89,90)42(101,102)48(113,114)54(130,131)132/h133H,1-18H2. The maximum Gasteiger partial charge on any atom is 0.460 e. The summed E-state index contributed by atoms with van der Waals surface area (Å²) in [5.41, 5.74) is 0. The predicted octanol–water partition coefficient (Wildman–Crippen LogP) is 31.0. The maximum atomic E-state index is 15.5. The van der Waals surface area contributed by atoms with Crippen molar-refractivity contribution in [3.8, 4) is 0 Å². The average molecular weight is 2240 g/mol. The van der Waals surface area contributed by atoms with E-state index in [4.69, 9.17) is 0 Å². The third-order valence-electron chi connectivity index (χ3n) is 19.9. The van der Waals surface area contributed by atoms with Crippen LogP contribution in [0.25, 0.3) is 0 Å². The molecule has 1 nitrogen and oxygen atoms in total. The zero-order valence-electron chi connectivity index (χ0n) is 61.7. The smallest absolute Gasteiger partial charge is 0.317 e. The van der Waals surface area contributed by atoms with Gasteiger partial charge in [-0.2, -0.15) is 342 Å². The van der Waals surface area contributed by atoms with Gasteiger partial charge >= 0.3 is 215 Å². The van der Waals surface area contributed by atoms with E-state index in [2.05, 4.69) is 0 Å². The second-order valence-electron chi connectivity index (χ2n) is 29.0. The van der Waals surface area contributed by atoms with Gasteiger partial charge in [0.2, 0.25) is 0 Å². The Balaban J connectivity index is 10.2. The zero-order valence-corrected chi connectivity index (χ0v) is 63.7. The molecule has 135 heavy (non-hydrogen) atoms. The summed E-state index contributed by atoms with van der Waals surface area (Å²) in [4.78, 5) is 0. The molecule has 0 aromatic heterocycles. The molecule has 81 heteroatoms. The second-order valence-corrected chi connectivity index (χ2v) is 39.0. The number of hydrogen-bond donors (Lipinski definition) is 1. The average Bonchev–Trinajstić information content (AvgIpc) is 0.730. The minimum absolute atomic E-state index is 0.850. The number of nitrogens with one attached hydrogen (secondary N) is 1. The van der Waals surface area contributed by atoms with Crippen molar-refractivity contribution in [1.82, 2.24) is 5.32 Å². The summed E-state index contributed by atoms with van der Waals surface area (Å²) in [5, 5.41) is 0.850. The Labute approximate surface area is 691 Å². The number of halogens is 78. The van der Waals surface area contributed by atoms with Crippen LogP contribution in [0, 0.1) is 0 Å². The van der Waals surface area contributed by atoms with E-state index in [-0.39, 0.29) is 0 Å². The summed E-state index contributed by atoms with van der Waals surface area (Å²) in [6, 6.07) is -31.0. The molecule has 0 aromatic rings. The maximum absolute atomic E-state index is 15.5. The largest absolute Gasteiger partial charge is 0.460 e. The van der Waals surface area contributed by atoms with E-state index in [0.29, 0.717) is 0 Å². The van der Waals surface area contributed by atoms with Gasteiger partial charge < -0.3 is 5.32 Å². The number of hydrogen-bond acceptors (Lipinski definition) is 1. The van der Waals surface area contributed by atoms with Crippen LogP contribution in [0.1, 0.15) is 51.4 Å². The zero-order chi connectivity index (χ0) is 110. The lowest BCUT2D eigenvalue weighted by Gasteiger charge is -2.43. The lowest BCUT2D eigenvalue weighted by molar-refractivity contribution is -0.440. The van der Waals surface area contributed by atoms with Crippen LogP contribution in [0.4, 0.5) is 342 Å². The minimum Gasteiger partial charge on any atom is -0.317 e. The van der Waals surface area contributed by atoms with Gasteiger partial charge in [-0.3, -0.25) is 0 Å². The predicted molar refractivity (Wildman–Crippen MR) is 285 cm³/mol. The summed E-state index contributed by atoms with van der Waals surface area (Å²) in [7, 11) is -16.0. The van der Waals surface area contributed by atoms with E-state index in [1.165, 1.54) is 0 Å². The number of rotatable bonds is 50. The molecule has 0 bridgehead atoms. The molecule has 0 aliphatic heterocycles. The minimum atomic E-state index is -9.47. The molecule has 0 atom stereocenters. The van der Waals surface area contributed by atoms with Crippen molar-refractivity contribution >= 4 is 16.1 Å². The molecule has 0 fully saturated rings. The Kier molecular flexibility index (Phi) is 34.7. The Morgan fingerprint density at radius 1 is 0.111 bits per heavy atom. The first-order valence-corrected chi connectivity index (χ1v) is 38.6. The van der Waals surface area contributed by atoms with Crippen LogP contribution in [-0.4, -0.2) is 244 Å². The van der Waals surface area contributed by atoms with Crippen molar-refractivity contribution in [2.24, 2.45) is 0 Å². The van der Waals surface area contributed by atoms with Gasteiger partial charge in [-0.25, -0.2) is 0 Å². The van der Waals surface area contributed by atoms with Gasteiger partial charge in [0.05, 0.1) is 16.1 Å². The molecule has 0 heterocycles. The summed E-state index contributed by atoms with van der Waals surface area (Å²) in [5.74, 6) is -273. The first-order valence-electron chi connectivity index (χ1n) is 32.9. The lowest BCUT2D eigenvalue weighted by atomic mass is 9.93. The molecule has 0 saturated heterocycles. The molecule has 812 valence electrons. The summed E-state index contributed by atoms with van der Waals surface area (Å²) in [6.45, 7) is -5.36. The van der Waals surface area contributed by atoms with Crippen LogP contribution in [-0.2, 0) is 0 Å². The van der Waals surface area contributed by atoms with Gasteiger partial charge in [0, 0.05) is 38.5 Å². The third kappa shape index (κ3) is 20.4. The van der Waals surface area contributed by atoms with Crippen molar-refractivity contribution < 1.29 is 342 Å². The van der Waals surface area contributed by atoms with Crippen LogP contribution in [0.2, 0.25) is 48.4 Å². The molecule has 0 amide bonds. The van der Waals surface area contributed by atoms with Crippen LogP contribution in [0.3, 0.4) is 0 Å². The fraction of sp³-hybridized carbons (Fsp3) is 1.00. The van der Waals surface area contributed by atoms with Gasteiger partial charge in [-0.15, -0.1) is 0 Å². The third-order valence-corrected chi connectivity index (χ3v) is 30.6. The van der Waals surface area contributed by atoms with Crippen molar-refractivity contribution in [3.63, 3.8) is 0 Å². The molecule has 0 rings (SSSR count). The molecule has 0 aliphatic carbocycles. The molecular weight excluding hydrogens is 2200 g/mol. The first kappa shape index (κ1) is 130. The van der Waals surface area contributed by atoms with Gasteiger partial charge in [0.15, 0.2) is 0 Å². The summed E-state index contributed by atoms with van der Waals surface area (Å²) < 4.78 is 1110. The van der Waals surface area contributed by atoms with E-state index >= 15 is 105 Å². The fourth-order valence-corrected chi connectivity index (χ4v) is 21.0. The van der Waals surface area contributed by atoms with Gasteiger partial charge in [-0.05, 0) is 25.9 Å². The molecule has 0 aromatic carbocycles. The Morgan fingerprint density at radius 2 is 0.200 bits per heavy atom. The second kappa shape index (κ2) is 36.1. The van der Waals surface area contributed by atoms with Gasteiger partial charge in [0.1, 0.15) is 0 Å². The highest BCUT2D eigenvalue weighted by atomic mass is 28.3. The van der Waals surface area contributed by atoms with E-state index in [0.717, 1.165) is 5.32 Å². The van der Waals surface area contributed by atoms with E-state index < -0.39 is 344 Å². The van der Waals surface area contributed by atoms with Crippen LogP contribution in [0.5, 0.6) is 0 Å². The molecule has 0 saturated carbocycles. The molecule has 0 spiro atoms.